The lowest BCUT2D eigenvalue weighted by Gasteiger charge is -2.32. The third-order valence-electron chi connectivity index (χ3n) is 6.15. The Morgan fingerprint density at radius 2 is 1.88 bits per heavy atom. The molecule has 4 N–H and O–H groups in total. The molecule has 0 saturated carbocycles. The number of nitrogens with two attached hydrogens (primary N) is 1. The second-order valence-electron chi connectivity index (χ2n) is 8.61. The molecule has 2 aromatic carbocycles. The Morgan fingerprint density at radius 3 is 2.69 bits per heavy atom. The second kappa shape index (κ2) is 11.1. The number of carbonyl (C=O) groups is 1. The van der Waals surface area contributed by atoms with Crippen molar-refractivity contribution in [2.75, 3.05) is 37.2 Å². The van der Waals surface area contributed by atoms with E-state index in [1.54, 1.807) is 4.90 Å². The highest BCUT2D eigenvalue weighted by atomic mass is 16.6. The van der Waals surface area contributed by atoms with Crippen molar-refractivity contribution in [2.24, 2.45) is 0 Å². The number of likely N-dealkylation sites (tertiary alicyclic amines) is 1. The van der Waals surface area contributed by atoms with Crippen LogP contribution in [0.5, 0.6) is 5.75 Å². The maximum absolute atomic E-state index is 12.4. The summed E-state index contributed by atoms with van der Waals surface area (Å²) < 4.78 is 11.8. The molecule has 0 aliphatic carbocycles. The lowest BCUT2D eigenvalue weighted by Crippen LogP contribution is -2.42. The van der Waals surface area contributed by atoms with Gasteiger partial charge in [0.25, 0.3) is 0 Å². The summed E-state index contributed by atoms with van der Waals surface area (Å²) in [5.41, 5.74) is 8.87. The third-order valence-corrected chi connectivity index (χ3v) is 6.15. The molecule has 0 bridgehead atoms. The van der Waals surface area contributed by atoms with Gasteiger partial charge in [-0.1, -0.05) is 42.8 Å². The number of nitrogens with one attached hydrogen (secondary N) is 2. The van der Waals surface area contributed by atoms with E-state index in [1.807, 2.05) is 48.5 Å². The Morgan fingerprint density at radius 1 is 1.06 bits per heavy atom. The van der Waals surface area contributed by atoms with Gasteiger partial charge in [0.15, 0.2) is 0 Å². The molecule has 2 aliphatic heterocycles. The van der Waals surface area contributed by atoms with Gasteiger partial charge in [0.1, 0.15) is 24.1 Å². The quantitative estimate of drug-likeness (QED) is 0.591. The maximum atomic E-state index is 12.4. The van der Waals surface area contributed by atoms with Crippen LogP contribution in [-0.2, 0) is 11.3 Å². The van der Waals surface area contributed by atoms with Crippen LogP contribution in [0.4, 0.5) is 16.2 Å². The molecule has 0 unspecified atom stereocenters. The predicted octanol–water partition coefficient (Wildman–Crippen LogP) is 4.00. The van der Waals surface area contributed by atoms with Gasteiger partial charge >= 0.3 is 6.09 Å². The van der Waals surface area contributed by atoms with Crippen molar-refractivity contribution in [3.63, 3.8) is 0 Å². The highest BCUT2D eigenvalue weighted by Crippen LogP contribution is 2.34. The molecule has 4 rings (SSSR count). The minimum atomic E-state index is -0.264. The molecule has 2 aliphatic rings. The SMILES string of the molecule is Nc1cccc(OC2CCN(C(=O)OCc3ccccc3)CC2)c1N[C@@H]1CCCCNC1. The second-order valence-corrected chi connectivity index (χ2v) is 8.61. The number of para-hydroxylation sites is 1. The highest BCUT2D eigenvalue weighted by Gasteiger charge is 2.26. The number of anilines is 2. The fraction of sp³-hybridized carbons (Fsp3) is 0.480. The average molecular weight is 439 g/mol. The molecular weight excluding hydrogens is 404 g/mol. The molecule has 0 aromatic heterocycles. The topological polar surface area (TPSA) is 88.9 Å². The number of benzene rings is 2. The summed E-state index contributed by atoms with van der Waals surface area (Å²) in [6, 6.07) is 15.9. The van der Waals surface area contributed by atoms with Gasteiger partial charge in [0, 0.05) is 38.5 Å². The molecule has 1 amide bonds. The molecule has 0 radical (unpaired) electrons. The van der Waals surface area contributed by atoms with E-state index in [2.05, 4.69) is 10.6 Å². The largest absolute Gasteiger partial charge is 0.488 e. The van der Waals surface area contributed by atoms with Crippen molar-refractivity contribution in [2.45, 2.75) is 50.9 Å². The monoisotopic (exact) mass is 438 g/mol. The third kappa shape index (κ3) is 6.07. The van der Waals surface area contributed by atoms with Crippen LogP contribution in [0, 0.1) is 0 Å². The minimum absolute atomic E-state index is 0.0442. The van der Waals surface area contributed by atoms with Gasteiger partial charge in [0.05, 0.1) is 5.69 Å². The fourth-order valence-corrected chi connectivity index (χ4v) is 4.29. The number of hydrogen-bond donors (Lipinski definition) is 3. The van der Waals surface area contributed by atoms with Crippen LogP contribution in [0.3, 0.4) is 0 Å². The first-order chi connectivity index (χ1) is 15.7. The highest BCUT2D eigenvalue weighted by molar-refractivity contribution is 5.74. The summed E-state index contributed by atoms with van der Waals surface area (Å²) in [7, 11) is 0. The van der Waals surface area contributed by atoms with Crippen molar-refractivity contribution < 1.29 is 14.3 Å². The van der Waals surface area contributed by atoms with Gasteiger partial charge in [0.2, 0.25) is 0 Å². The van der Waals surface area contributed by atoms with Gasteiger partial charge in [-0.15, -0.1) is 0 Å². The van der Waals surface area contributed by atoms with E-state index in [0.717, 1.165) is 49.4 Å². The molecule has 32 heavy (non-hydrogen) atoms. The Hall–Kier alpha value is -2.93. The van der Waals surface area contributed by atoms with Crippen LogP contribution in [-0.4, -0.2) is 49.3 Å². The van der Waals surface area contributed by atoms with Crippen LogP contribution < -0.4 is 21.1 Å². The average Bonchev–Trinajstić information content (AvgIpc) is 3.10. The molecule has 2 heterocycles. The molecule has 0 spiro atoms. The number of nitrogens with zero attached hydrogens (tertiary/aromatic N) is 1. The van der Waals surface area contributed by atoms with E-state index in [1.165, 1.54) is 12.8 Å². The summed E-state index contributed by atoms with van der Waals surface area (Å²) in [5.74, 6) is 0.791. The Balaban J connectivity index is 1.29. The predicted molar refractivity (Wildman–Crippen MR) is 127 cm³/mol. The molecule has 7 heteroatoms. The van der Waals surface area contributed by atoms with E-state index in [-0.39, 0.29) is 12.2 Å². The Labute approximate surface area is 190 Å². The van der Waals surface area contributed by atoms with Gasteiger partial charge in [-0.3, -0.25) is 0 Å². The maximum Gasteiger partial charge on any atom is 0.410 e. The normalized spacial score (nSPS) is 19.8. The first kappa shape index (κ1) is 22.3. The molecule has 172 valence electrons. The Kier molecular flexibility index (Phi) is 7.72. The summed E-state index contributed by atoms with van der Waals surface area (Å²) in [6.07, 6.45) is 4.83. The minimum Gasteiger partial charge on any atom is -0.488 e. The van der Waals surface area contributed by atoms with E-state index in [4.69, 9.17) is 15.2 Å². The van der Waals surface area contributed by atoms with E-state index < -0.39 is 0 Å². The van der Waals surface area contributed by atoms with Crippen LogP contribution in [0.25, 0.3) is 0 Å². The fourth-order valence-electron chi connectivity index (χ4n) is 4.29. The van der Waals surface area contributed by atoms with Crippen LogP contribution >= 0.6 is 0 Å². The standard InChI is InChI=1S/C25H34N4O3/c26-22-10-6-11-23(24(22)28-20-9-4-5-14-27-17-20)32-21-12-15-29(16-13-21)25(30)31-18-19-7-2-1-3-8-19/h1-3,6-8,10-11,20-21,27-28H,4-5,9,12-18,26H2/t20-/m1/s1. The van der Waals surface area contributed by atoms with Crippen molar-refractivity contribution in [3.8, 4) is 5.75 Å². The number of carbonyl (C=O) groups excluding carboxylic acids is 1. The number of rotatable bonds is 6. The van der Waals surface area contributed by atoms with E-state index >= 15 is 0 Å². The van der Waals surface area contributed by atoms with Crippen molar-refractivity contribution in [1.82, 2.24) is 10.2 Å². The summed E-state index contributed by atoms with van der Waals surface area (Å²) in [5, 5.41) is 7.09. The summed E-state index contributed by atoms with van der Waals surface area (Å²) in [4.78, 5) is 14.2. The van der Waals surface area contributed by atoms with Crippen molar-refractivity contribution in [3.05, 3.63) is 54.1 Å². The van der Waals surface area contributed by atoms with Crippen molar-refractivity contribution in [1.29, 1.82) is 0 Å². The molecule has 7 nitrogen and oxygen atoms in total. The summed E-state index contributed by atoms with van der Waals surface area (Å²) in [6.45, 7) is 3.53. The zero-order valence-electron chi connectivity index (χ0n) is 18.6. The molecule has 1 atom stereocenters. The lowest BCUT2D eigenvalue weighted by atomic mass is 10.1. The number of hydrogen-bond acceptors (Lipinski definition) is 6. The van der Waals surface area contributed by atoms with Gasteiger partial charge < -0.3 is 30.7 Å². The smallest absolute Gasteiger partial charge is 0.410 e. The number of piperidine rings is 1. The van der Waals surface area contributed by atoms with Crippen molar-refractivity contribution >= 4 is 17.5 Å². The molecule has 2 saturated heterocycles. The lowest BCUT2D eigenvalue weighted by molar-refractivity contribution is 0.0640. The molecule has 2 fully saturated rings. The first-order valence-corrected chi connectivity index (χ1v) is 11.7. The molecular formula is C25H34N4O3. The van der Waals surface area contributed by atoms with Gasteiger partial charge in [-0.25, -0.2) is 4.79 Å². The zero-order chi connectivity index (χ0) is 22.2. The Bertz CT molecular complexity index is 861. The summed E-state index contributed by atoms with van der Waals surface area (Å²) >= 11 is 0. The van der Waals surface area contributed by atoms with Gasteiger partial charge in [-0.2, -0.15) is 0 Å². The number of ether oxygens (including phenoxy) is 2. The number of nitrogen functional groups attached to an aromatic ring is 1. The van der Waals surface area contributed by atoms with E-state index in [0.29, 0.717) is 31.4 Å². The van der Waals surface area contributed by atoms with Crippen LogP contribution in [0.2, 0.25) is 0 Å². The van der Waals surface area contributed by atoms with Crippen LogP contribution in [0.15, 0.2) is 48.5 Å². The first-order valence-electron chi connectivity index (χ1n) is 11.7. The zero-order valence-corrected chi connectivity index (χ0v) is 18.6. The van der Waals surface area contributed by atoms with Gasteiger partial charge in [-0.05, 0) is 37.1 Å². The van der Waals surface area contributed by atoms with Crippen LogP contribution in [0.1, 0.15) is 37.7 Å². The number of amides is 1. The molecule has 2 aromatic rings. The van der Waals surface area contributed by atoms with E-state index in [9.17, 15) is 4.79 Å².